The normalized spacial score (nSPS) is 15.4. The Morgan fingerprint density at radius 2 is 1.62 bits per heavy atom. The van der Waals surface area contributed by atoms with Gasteiger partial charge in [-0.3, -0.25) is 4.55 Å². The molecule has 1 aliphatic heterocycles. The van der Waals surface area contributed by atoms with E-state index in [0.29, 0.717) is 5.82 Å². The summed E-state index contributed by atoms with van der Waals surface area (Å²) in [4.78, 5) is 8.32. The number of hydrogen-bond acceptors (Lipinski definition) is 6. The van der Waals surface area contributed by atoms with Crippen molar-refractivity contribution in [3.05, 3.63) is 42.6 Å². The van der Waals surface area contributed by atoms with Crippen LogP contribution in [0.3, 0.4) is 0 Å². The van der Waals surface area contributed by atoms with E-state index in [1.165, 1.54) is 12.3 Å². The zero-order valence-corrected chi connectivity index (χ0v) is 14.1. The number of pyridine rings is 1. The van der Waals surface area contributed by atoms with Crippen LogP contribution in [0.1, 0.15) is 0 Å². The van der Waals surface area contributed by atoms with E-state index in [0.717, 1.165) is 37.6 Å². The third-order valence-corrected chi connectivity index (χ3v) is 4.90. The molecule has 0 spiro atoms. The lowest BCUT2D eigenvalue weighted by molar-refractivity contribution is 0.415. The van der Waals surface area contributed by atoms with Crippen molar-refractivity contribution < 1.29 is 17.7 Å². The van der Waals surface area contributed by atoms with Crippen molar-refractivity contribution in [1.82, 2.24) is 4.98 Å². The van der Waals surface area contributed by atoms with Crippen LogP contribution < -0.4 is 14.5 Å². The molecule has 0 radical (unpaired) electrons. The SMILES string of the molecule is COc1ccc(N2CCN(c3ccc(S(=O)(=O)O)cn3)CC2)cc1. The van der Waals surface area contributed by atoms with Crippen molar-refractivity contribution in [1.29, 1.82) is 0 Å². The van der Waals surface area contributed by atoms with E-state index in [1.54, 1.807) is 13.2 Å². The first-order valence-corrected chi connectivity index (χ1v) is 8.99. The van der Waals surface area contributed by atoms with E-state index in [-0.39, 0.29) is 4.90 Å². The molecule has 0 amide bonds. The average molecular weight is 349 g/mol. The Morgan fingerprint density at radius 3 is 2.12 bits per heavy atom. The number of aromatic nitrogens is 1. The Bertz CT molecular complexity index is 783. The fourth-order valence-electron chi connectivity index (χ4n) is 2.70. The molecular formula is C16H19N3O4S. The minimum atomic E-state index is -4.20. The molecule has 1 aromatic heterocycles. The van der Waals surface area contributed by atoms with Crippen LogP contribution in [0, 0.1) is 0 Å². The van der Waals surface area contributed by atoms with Gasteiger partial charge in [-0.15, -0.1) is 0 Å². The Hall–Kier alpha value is -2.32. The molecule has 0 aliphatic carbocycles. The number of nitrogens with zero attached hydrogens (tertiary/aromatic N) is 3. The third-order valence-electron chi connectivity index (χ3n) is 4.06. The van der Waals surface area contributed by atoms with E-state index >= 15 is 0 Å². The average Bonchev–Trinajstić information content (AvgIpc) is 2.61. The van der Waals surface area contributed by atoms with Crippen LogP contribution in [0.15, 0.2) is 47.5 Å². The number of benzene rings is 1. The highest BCUT2D eigenvalue weighted by molar-refractivity contribution is 7.85. The number of hydrogen-bond donors (Lipinski definition) is 1. The maximum atomic E-state index is 11.1. The largest absolute Gasteiger partial charge is 0.497 e. The lowest BCUT2D eigenvalue weighted by atomic mass is 10.2. The second-order valence-corrected chi connectivity index (χ2v) is 6.92. The first-order valence-electron chi connectivity index (χ1n) is 7.55. The third kappa shape index (κ3) is 3.60. The molecule has 1 saturated heterocycles. The van der Waals surface area contributed by atoms with Gasteiger partial charge >= 0.3 is 0 Å². The predicted octanol–water partition coefficient (Wildman–Crippen LogP) is 1.66. The summed E-state index contributed by atoms with van der Waals surface area (Å²) in [7, 11) is -2.55. The molecule has 8 heteroatoms. The van der Waals surface area contributed by atoms with Crippen LogP contribution in [0.2, 0.25) is 0 Å². The summed E-state index contributed by atoms with van der Waals surface area (Å²) < 4.78 is 36.3. The van der Waals surface area contributed by atoms with Gasteiger partial charge in [0.05, 0.1) is 13.3 Å². The molecule has 0 saturated carbocycles. The van der Waals surface area contributed by atoms with Crippen molar-refractivity contribution in [3.63, 3.8) is 0 Å². The maximum Gasteiger partial charge on any atom is 0.296 e. The fraction of sp³-hybridized carbons (Fsp3) is 0.312. The topological polar surface area (TPSA) is 83.0 Å². The van der Waals surface area contributed by atoms with E-state index in [2.05, 4.69) is 14.8 Å². The Labute approximate surface area is 141 Å². The van der Waals surface area contributed by atoms with E-state index < -0.39 is 10.1 Å². The van der Waals surface area contributed by atoms with Gasteiger partial charge in [0.15, 0.2) is 0 Å². The zero-order valence-electron chi connectivity index (χ0n) is 13.3. The first-order chi connectivity index (χ1) is 11.5. The summed E-state index contributed by atoms with van der Waals surface area (Å²) in [5, 5.41) is 0. The summed E-state index contributed by atoms with van der Waals surface area (Å²) in [5.74, 6) is 1.54. The number of methoxy groups -OCH3 is 1. The Morgan fingerprint density at radius 1 is 1.00 bits per heavy atom. The molecule has 0 atom stereocenters. The van der Waals surface area contributed by atoms with E-state index in [9.17, 15) is 8.42 Å². The van der Waals surface area contributed by atoms with Crippen LogP contribution in [0.5, 0.6) is 5.75 Å². The second kappa shape index (κ2) is 6.66. The van der Waals surface area contributed by atoms with E-state index in [4.69, 9.17) is 9.29 Å². The molecule has 1 aliphatic rings. The number of piperazine rings is 1. The minimum Gasteiger partial charge on any atom is -0.497 e. The second-order valence-electron chi connectivity index (χ2n) is 5.50. The zero-order chi connectivity index (χ0) is 17.2. The van der Waals surface area contributed by atoms with Crippen LogP contribution in [-0.2, 0) is 10.1 Å². The number of anilines is 2. The van der Waals surface area contributed by atoms with Crippen molar-refractivity contribution in [3.8, 4) is 5.75 Å². The van der Waals surface area contributed by atoms with Gasteiger partial charge in [-0.25, -0.2) is 4.98 Å². The molecule has 1 aromatic carbocycles. The fourth-order valence-corrected chi connectivity index (χ4v) is 3.12. The summed E-state index contributed by atoms with van der Waals surface area (Å²) in [6, 6.07) is 10.9. The van der Waals surface area contributed by atoms with E-state index in [1.807, 2.05) is 24.3 Å². The molecule has 24 heavy (non-hydrogen) atoms. The minimum absolute atomic E-state index is 0.192. The monoisotopic (exact) mass is 349 g/mol. The van der Waals surface area contributed by atoms with Gasteiger partial charge in [0.2, 0.25) is 0 Å². The van der Waals surface area contributed by atoms with Crippen molar-refractivity contribution in [2.24, 2.45) is 0 Å². The molecule has 0 bridgehead atoms. The lowest BCUT2D eigenvalue weighted by Crippen LogP contribution is -2.46. The molecule has 2 aromatic rings. The molecule has 0 unspecified atom stereocenters. The Balaban J connectivity index is 1.64. The number of ether oxygens (including phenoxy) is 1. The molecule has 3 rings (SSSR count). The molecule has 2 heterocycles. The first kappa shape index (κ1) is 16.5. The van der Waals surface area contributed by atoms with Gasteiger partial charge in [0.1, 0.15) is 16.5 Å². The predicted molar refractivity (Wildman–Crippen MR) is 91.5 cm³/mol. The molecule has 1 fully saturated rings. The highest BCUT2D eigenvalue weighted by Crippen LogP contribution is 2.22. The summed E-state index contributed by atoms with van der Waals surface area (Å²) in [6.45, 7) is 3.25. The van der Waals surface area contributed by atoms with Gasteiger partial charge in [-0.05, 0) is 36.4 Å². The van der Waals surface area contributed by atoms with Gasteiger partial charge < -0.3 is 14.5 Å². The quantitative estimate of drug-likeness (QED) is 0.841. The highest BCUT2D eigenvalue weighted by Gasteiger charge is 2.19. The van der Waals surface area contributed by atoms with Gasteiger partial charge in [0, 0.05) is 31.9 Å². The lowest BCUT2D eigenvalue weighted by Gasteiger charge is -2.36. The molecule has 128 valence electrons. The molecule has 7 nitrogen and oxygen atoms in total. The van der Waals surface area contributed by atoms with Gasteiger partial charge in [-0.2, -0.15) is 8.42 Å². The maximum absolute atomic E-state index is 11.1. The smallest absolute Gasteiger partial charge is 0.296 e. The summed E-state index contributed by atoms with van der Waals surface area (Å²) in [5.41, 5.74) is 1.14. The highest BCUT2D eigenvalue weighted by atomic mass is 32.2. The Kier molecular flexibility index (Phi) is 4.59. The van der Waals surface area contributed by atoms with Crippen molar-refractivity contribution in [2.75, 3.05) is 43.1 Å². The summed E-state index contributed by atoms with van der Waals surface area (Å²) in [6.07, 6.45) is 1.18. The van der Waals surface area contributed by atoms with Gasteiger partial charge in [-0.1, -0.05) is 0 Å². The van der Waals surface area contributed by atoms with Crippen molar-refractivity contribution in [2.45, 2.75) is 4.90 Å². The van der Waals surface area contributed by atoms with Crippen LogP contribution in [0.4, 0.5) is 11.5 Å². The number of rotatable bonds is 4. The molecule has 1 N–H and O–H groups in total. The standard InChI is InChI=1S/C16H19N3O4S/c1-23-14-4-2-13(3-5-14)18-8-10-19(11-9-18)16-7-6-15(12-17-16)24(20,21)22/h2-7,12H,8-11H2,1H3,(H,20,21,22). The van der Waals surface area contributed by atoms with Gasteiger partial charge in [0.25, 0.3) is 10.1 Å². The summed E-state index contributed by atoms with van der Waals surface area (Å²) >= 11 is 0. The van der Waals surface area contributed by atoms with Crippen LogP contribution in [0.25, 0.3) is 0 Å². The van der Waals surface area contributed by atoms with Crippen LogP contribution in [-0.4, -0.2) is 51.2 Å². The van der Waals surface area contributed by atoms with Crippen LogP contribution >= 0.6 is 0 Å². The molecular weight excluding hydrogens is 330 g/mol. The van der Waals surface area contributed by atoms with Crippen molar-refractivity contribution >= 4 is 21.6 Å².